The smallest absolute Gasteiger partial charge is 0.182 e. The third-order valence-electron chi connectivity index (χ3n) is 1.69. The van der Waals surface area contributed by atoms with Crippen LogP contribution in [0.5, 0.6) is 0 Å². The summed E-state index contributed by atoms with van der Waals surface area (Å²) in [6.07, 6.45) is 0. The summed E-state index contributed by atoms with van der Waals surface area (Å²) in [5.74, 6) is 0. The molecule has 5 nitrogen and oxygen atoms in total. The van der Waals surface area contributed by atoms with Crippen LogP contribution in [0, 0.1) is 0 Å². The lowest BCUT2D eigenvalue weighted by Gasteiger charge is -1.95. The molecule has 0 unspecified atom stereocenters. The minimum absolute atomic E-state index is 0.115. The molecule has 0 N–H and O–H groups in total. The van der Waals surface area contributed by atoms with E-state index in [0.29, 0.717) is 11.3 Å². The number of hydrogen-bond donors (Lipinski definition) is 0. The fourth-order valence-electron chi connectivity index (χ4n) is 1.09. The first-order valence-electron chi connectivity index (χ1n) is 3.80. The molecule has 0 spiro atoms. The first-order valence-corrected chi connectivity index (χ1v) is 4.87. The summed E-state index contributed by atoms with van der Waals surface area (Å²) in [4.78, 5) is -0.115. The van der Waals surface area contributed by atoms with Crippen molar-refractivity contribution in [3.8, 4) is 0 Å². The maximum Gasteiger partial charge on any atom is 0.244 e. The van der Waals surface area contributed by atoms with Gasteiger partial charge in [0.15, 0.2) is 0 Å². The van der Waals surface area contributed by atoms with Crippen LogP contribution in [0.4, 0.5) is 0 Å². The van der Waals surface area contributed by atoms with Crippen LogP contribution < -0.4 is 0 Å². The van der Waals surface area contributed by atoms with Crippen molar-refractivity contribution in [2.24, 2.45) is 15.4 Å². The largest absolute Gasteiger partial charge is 0.244 e. The molecule has 1 aromatic rings. The first-order chi connectivity index (χ1) is 6.79. The van der Waals surface area contributed by atoms with E-state index in [1.54, 1.807) is 24.3 Å². The molecule has 0 saturated heterocycles. The molecule has 1 heterocycles. The Balaban J connectivity index is 2.55. The van der Waals surface area contributed by atoms with E-state index < -0.39 is 10.3 Å². The summed E-state index contributed by atoms with van der Waals surface area (Å²) in [6, 6.07) is 8.92. The van der Waals surface area contributed by atoms with Crippen molar-refractivity contribution in [2.45, 2.75) is 0 Å². The van der Waals surface area contributed by atoms with Gasteiger partial charge in [-0.1, -0.05) is 30.3 Å². The van der Waals surface area contributed by atoms with Crippen molar-refractivity contribution in [3.05, 3.63) is 35.9 Å². The Morgan fingerprint density at radius 2 is 1.79 bits per heavy atom. The van der Waals surface area contributed by atoms with Gasteiger partial charge in [-0.25, -0.2) is 0 Å². The van der Waals surface area contributed by atoms with E-state index in [4.69, 9.17) is 0 Å². The molecule has 0 aliphatic carbocycles. The van der Waals surface area contributed by atoms with Gasteiger partial charge in [0, 0.05) is 5.56 Å². The number of benzene rings is 1. The monoisotopic (exact) mass is 207 g/mol. The first kappa shape index (κ1) is 8.76. The lowest BCUT2D eigenvalue weighted by molar-refractivity contribution is 0.627. The topological polar surface area (TPSA) is 71.2 Å². The van der Waals surface area contributed by atoms with Crippen LogP contribution in [0.2, 0.25) is 0 Å². The van der Waals surface area contributed by atoms with Crippen LogP contribution in [0.1, 0.15) is 5.56 Å². The second kappa shape index (κ2) is 3.51. The van der Waals surface area contributed by atoms with Gasteiger partial charge in [-0.05, 0) is 5.22 Å². The molecule has 0 aromatic heterocycles. The second-order valence-electron chi connectivity index (χ2n) is 2.54. The quantitative estimate of drug-likeness (QED) is 0.641. The highest BCUT2D eigenvalue weighted by atomic mass is 32.2. The lowest BCUT2D eigenvalue weighted by atomic mass is 10.1. The molecule has 1 aromatic carbocycles. The molecule has 0 radical (unpaired) electrons. The highest BCUT2D eigenvalue weighted by Gasteiger charge is 2.17. The van der Waals surface area contributed by atoms with Crippen LogP contribution in [0.3, 0.4) is 0 Å². The van der Waals surface area contributed by atoms with E-state index in [0.717, 1.165) is 0 Å². The summed E-state index contributed by atoms with van der Waals surface area (Å²) in [6.45, 7) is 0. The summed E-state index contributed by atoms with van der Waals surface area (Å²) < 4.78 is 21.4. The van der Waals surface area contributed by atoms with Gasteiger partial charge in [0.25, 0.3) is 0 Å². The molecule has 0 atom stereocenters. The van der Waals surface area contributed by atoms with E-state index in [-0.39, 0.29) is 4.99 Å². The van der Waals surface area contributed by atoms with Crippen LogP contribution in [0.25, 0.3) is 0 Å². The molecule has 0 bridgehead atoms. The predicted molar refractivity (Wildman–Crippen MR) is 51.8 cm³/mol. The third kappa shape index (κ3) is 1.47. The maximum atomic E-state index is 10.7. The normalized spacial score (nSPS) is 14.3. The summed E-state index contributed by atoms with van der Waals surface area (Å²) in [7, 11) is -2.40. The van der Waals surface area contributed by atoms with Gasteiger partial charge in [0.05, 0.1) is 0 Å². The lowest BCUT2D eigenvalue weighted by Crippen LogP contribution is -2.10. The zero-order chi connectivity index (χ0) is 9.97. The molecule has 14 heavy (non-hydrogen) atoms. The van der Waals surface area contributed by atoms with Crippen molar-refractivity contribution in [1.29, 1.82) is 0 Å². The highest BCUT2D eigenvalue weighted by molar-refractivity contribution is 7.74. The van der Waals surface area contributed by atoms with E-state index >= 15 is 0 Å². The molecular formula is C8H5N3O2S. The Kier molecular flexibility index (Phi) is 2.19. The summed E-state index contributed by atoms with van der Waals surface area (Å²) in [5.41, 5.74) is 0.982. The summed E-state index contributed by atoms with van der Waals surface area (Å²) in [5, 5.41) is 10.4. The second-order valence-corrected chi connectivity index (χ2v) is 3.40. The Morgan fingerprint density at radius 1 is 1.07 bits per heavy atom. The van der Waals surface area contributed by atoms with E-state index in [2.05, 4.69) is 15.4 Å². The minimum atomic E-state index is -2.40. The molecule has 0 amide bonds. The van der Waals surface area contributed by atoms with Gasteiger partial charge in [-0.15, -0.1) is 10.2 Å². The number of nitrogens with zero attached hydrogens (tertiary/aromatic N) is 3. The van der Waals surface area contributed by atoms with Gasteiger partial charge in [0.2, 0.25) is 15.3 Å². The molecular weight excluding hydrogens is 202 g/mol. The average molecular weight is 207 g/mol. The number of hydrogen-bond acceptors (Lipinski definition) is 4. The van der Waals surface area contributed by atoms with E-state index in [9.17, 15) is 8.42 Å². The van der Waals surface area contributed by atoms with Gasteiger partial charge >= 0.3 is 0 Å². The van der Waals surface area contributed by atoms with Gasteiger partial charge in [-0.2, -0.15) is 8.42 Å². The average Bonchev–Trinajstić information content (AvgIpc) is 2.67. The van der Waals surface area contributed by atoms with Crippen LogP contribution in [-0.4, -0.2) is 19.1 Å². The maximum absolute atomic E-state index is 10.7. The van der Waals surface area contributed by atoms with Gasteiger partial charge in [-0.3, -0.25) is 0 Å². The molecule has 0 fully saturated rings. The Hall–Kier alpha value is -1.82. The standard InChI is InChI=1S/C8H5N3O2S/c12-14(13)8-7(9-11-10-8)6-4-2-1-3-5-6/h1-5H. The molecule has 1 aliphatic heterocycles. The van der Waals surface area contributed by atoms with Crippen molar-refractivity contribution in [1.82, 2.24) is 0 Å². The van der Waals surface area contributed by atoms with Crippen molar-refractivity contribution in [3.63, 3.8) is 0 Å². The SMILES string of the molecule is O=S(=O)=C1N=NN=C1c1ccccc1. The Labute approximate surface area is 81.3 Å². The van der Waals surface area contributed by atoms with Crippen molar-refractivity contribution >= 4 is 21.0 Å². The predicted octanol–water partition coefficient (Wildman–Crippen LogP) is 0.866. The van der Waals surface area contributed by atoms with Crippen LogP contribution >= 0.6 is 0 Å². The Morgan fingerprint density at radius 3 is 2.43 bits per heavy atom. The van der Waals surface area contributed by atoms with Crippen LogP contribution in [0.15, 0.2) is 45.8 Å². The molecule has 6 heteroatoms. The fraction of sp³-hybridized carbons (Fsp3) is 0. The zero-order valence-electron chi connectivity index (χ0n) is 6.95. The minimum Gasteiger partial charge on any atom is -0.182 e. The Bertz CT molecular complexity index is 535. The highest BCUT2D eigenvalue weighted by Crippen LogP contribution is 2.08. The summed E-state index contributed by atoms with van der Waals surface area (Å²) >= 11 is 0. The molecule has 1 aliphatic rings. The molecule has 2 rings (SSSR count). The van der Waals surface area contributed by atoms with Gasteiger partial charge in [0.1, 0.15) is 5.71 Å². The van der Waals surface area contributed by atoms with Gasteiger partial charge < -0.3 is 0 Å². The third-order valence-corrected chi connectivity index (χ3v) is 2.28. The van der Waals surface area contributed by atoms with E-state index in [1.807, 2.05) is 6.07 Å². The van der Waals surface area contributed by atoms with Crippen LogP contribution in [-0.2, 0) is 10.3 Å². The van der Waals surface area contributed by atoms with Crippen molar-refractivity contribution in [2.75, 3.05) is 0 Å². The van der Waals surface area contributed by atoms with Crippen molar-refractivity contribution < 1.29 is 8.42 Å². The molecule has 0 saturated carbocycles. The number of rotatable bonds is 1. The fourth-order valence-corrected chi connectivity index (χ4v) is 1.51. The zero-order valence-corrected chi connectivity index (χ0v) is 7.77. The molecule has 70 valence electrons. The van der Waals surface area contributed by atoms with E-state index in [1.165, 1.54) is 0 Å².